The molecule has 0 spiro atoms. The second kappa shape index (κ2) is 9.86. The van der Waals surface area contributed by atoms with Crippen LogP contribution in [-0.4, -0.2) is 27.7 Å². The zero-order valence-electron chi connectivity index (χ0n) is 18.4. The number of rotatable bonds is 7. The lowest BCUT2D eigenvalue weighted by Gasteiger charge is -2.16. The van der Waals surface area contributed by atoms with Crippen LogP contribution in [-0.2, 0) is 12.0 Å². The highest BCUT2D eigenvalue weighted by molar-refractivity contribution is 7.71. The molecule has 32 heavy (non-hydrogen) atoms. The maximum absolute atomic E-state index is 13.9. The second-order valence-corrected chi connectivity index (χ2v) is 8.39. The van der Waals surface area contributed by atoms with E-state index in [1.165, 1.54) is 12.3 Å². The van der Waals surface area contributed by atoms with Crippen LogP contribution in [0.15, 0.2) is 52.4 Å². The summed E-state index contributed by atoms with van der Waals surface area (Å²) in [6.07, 6.45) is 1.50. The number of aromatic amines is 1. The van der Waals surface area contributed by atoms with Crippen molar-refractivity contribution in [1.29, 1.82) is 0 Å². The lowest BCUT2D eigenvalue weighted by atomic mass is 9.93. The predicted octanol–water partition coefficient (Wildman–Crippen LogP) is 4.60. The molecule has 0 unspecified atom stereocenters. The molecule has 0 aliphatic rings. The van der Waals surface area contributed by atoms with E-state index in [1.54, 1.807) is 36.4 Å². The van der Waals surface area contributed by atoms with E-state index in [0.29, 0.717) is 34.9 Å². The molecule has 0 saturated heterocycles. The summed E-state index contributed by atoms with van der Waals surface area (Å²) >= 11 is 5.17. The molecule has 0 aliphatic carbocycles. The first kappa shape index (κ1) is 23.3. The monoisotopic (exact) mass is 456 g/mol. The Balaban J connectivity index is 1.88. The highest BCUT2D eigenvalue weighted by Crippen LogP contribution is 2.29. The Bertz CT molecular complexity index is 1240. The first-order chi connectivity index (χ1) is 15.2. The summed E-state index contributed by atoms with van der Waals surface area (Å²) in [7, 11) is 0. The lowest BCUT2D eigenvalue weighted by Crippen LogP contribution is -2.32. The van der Waals surface area contributed by atoms with E-state index < -0.39 is 5.41 Å². The van der Waals surface area contributed by atoms with E-state index >= 15 is 0 Å². The van der Waals surface area contributed by atoms with Crippen molar-refractivity contribution in [3.63, 3.8) is 0 Å². The Hall–Kier alpha value is -3.33. The van der Waals surface area contributed by atoms with Gasteiger partial charge in [-0.05, 0) is 49.0 Å². The SMILES string of the molecule is CCOc1cc(/C=N\n2c(=S)[nH]nc(C(C)(C)C)c2=O)ccc1OCc1ccccc1F. The van der Waals surface area contributed by atoms with Crippen LogP contribution in [0, 0.1) is 10.6 Å². The van der Waals surface area contributed by atoms with Gasteiger partial charge in [0.15, 0.2) is 11.5 Å². The van der Waals surface area contributed by atoms with Gasteiger partial charge in [-0.25, -0.2) is 4.39 Å². The summed E-state index contributed by atoms with van der Waals surface area (Å²) in [5, 5.41) is 11.0. The van der Waals surface area contributed by atoms with Gasteiger partial charge in [-0.1, -0.05) is 39.0 Å². The first-order valence-corrected chi connectivity index (χ1v) is 10.5. The van der Waals surface area contributed by atoms with E-state index in [2.05, 4.69) is 15.3 Å². The molecule has 168 valence electrons. The van der Waals surface area contributed by atoms with Crippen molar-refractivity contribution in [1.82, 2.24) is 14.9 Å². The molecule has 0 bridgehead atoms. The number of hydrogen-bond acceptors (Lipinski definition) is 6. The van der Waals surface area contributed by atoms with Gasteiger partial charge in [-0.3, -0.25) is 9.89 Å². The van der Waals surface area contributed by atoms with Gasteiger partial charge in [-0.15, -0.1) is 0 Å². The molecule has 9 heteroatoms. The van der Waals surface area contributed by atoms with Gasteiger partial charge in [0.2, 0.25) is 4.77 Å². The third-order valence-corrected chi connectivity index (χ3v) is 4.76. The van der Waals surface area contributed by atoms with Crippen molar-refractivity contribution in [2.24, 2.45) is 5.10 Å². The first-order valence-electron chi connectivity index (χ1n) is 10.1. The quantitative estimate of drug-likeness (QED) is 0.415. The Morgan fingerprint density at radius 2 is 1.94 bits per heavy atom. The molecule has 0 amide bonds. The van der Waals surface area contributed by atoms with Crippen molar-refractivity contribution < 1.29 is 13.9 Å². The van der Waals surface area contributed by atoms with Crippen LogP contribution in [0.25, 0.3) is 0 Å². The largest absolute Gasteiger partial charge is 0.490 e. The average molecular weight is 457 g/mol. The molecule has 0 atom stereocenters. The highest BCUT2D eigenvalue weighted by Gasteiger charge is 2.21. The number of nitrogens with zero attached hydrogens (tertiary/aromatic N) is 3. The molecular weight excluding hydrogens is 431 g/mol. The maximum Gasteiger partial charge on any atom is 0.297 e. The van der Waals surface area contributed by atoms with Gasteiger partial charge < -0.3 is 9.47 Å². The molecule has 7 nitrogen and oxygen atoms in total. The van der Waals surface area contributed by atoms with Crippen LogP contribution in [0.1, 0.15) is 44.5 Å². The van der Waals surface area contributed by atoms with E-state index in [-0.39, 0.29) is 22.8 Å². The molecule has 0 aliphatic heterocycles. The topological polar surface area (TPSA) is 81.5 Å². The third kappa shape index (κ3) is 5.47. The van der Waals surface area contributed by atoms with Crippen LogP contribution in [0.5, 0.6) is 11.5 Å². The summed E-state index contributed by atoms with van der Waals surface area (Å²) in [6, 6.07) is 11.6. The third-order valence-electron chi connectivity index (χ3n) is 4.49. The van der Waals surface area contributed by atoms with Gasteiger partial charge in [0.05, 0.1) is 12.8 Å². The summed E-state index contributed by atoms with van der Waals surface area (Å²) in [5.41, 5.74) is 0.596. The van der Waals surface area contributed by atoms with Crippen molar-refractivity contribution in [2.45, 2.75) is 39.7 Å². The number of aromatic nitrogens is 3. The average Bonchev–Trinajstić information content (AvgIpc) is 2.73. The van der Waals surface area contributed by atoms with Gasteiger partial charge in [-0.2, -0.15) is 14.9 Å². The predicted molar refractivity (Wildman–Crippen MR) is 124 cm³/mol. The van der Waals surface area contributed by atoms with E-state index in [4.69, 9.17) is 21.7 Å². The highest BCUT2D eigenvalue weighted by atomic mass is 32.1. The fourth-order valence-corrected chi connectivity index (χ4v) is 3.05. The minimum Gasteiger partial charge on any atom is -0.490 e. The molecule has 3 aromatic rings. The Kier molecular flexibility index (Phi) is 7.19. The van der Waals surface area contributed by atoms with Crippen LogP contribution in [0.4, 0.5) is 4.39 Å². The van der Waals surface area contributed by atoms with Crippen molar-refractivity contribution in [2.75, 3.05) is 6.61 Å². The number of ether oxygens (including phenoxy) is 2. The summed E-state index contributed by atoms with van der Waals surface area (Å²) in [5.74, 6) is 0.624. The molecule has 1 heterocycles. The fraction of sp³-hybridized carbons (Fsp3) is 0.304. The van der Waals surface area contributed by atoms with Gasteiger partial charge in [0.25, 0.3) is 5.56 Å². The molecule has 2 aromatic carbocycles. The van der Waals surface area contributed by atoms with Crippen LogP contribution < -0.4 is 15.0 Å². The van der Waals surface area contributed by atoms with E-state index in [0.717, 1.165) is 4.68 Å². The number of benzene rings is 2. The van der Waals surface area contributed by atoms with Gasteiger partial charge in [0, 0.05) is 11.0 Å². The van der Waals surface area contributed by atoms with Crippen LogP contribution in [0.3, 0.4) is 0 Å². The molecule has 3 rings (SSSR count). The number of nitrogens with one attached hydrogen (secondary N) is 1. The minimum atomic E-state index is -0.465. The molecular formula is C23H25FN4O3S. The fourth-order valence-electron chi connectivity index (χ4n) is 2.87. The van der Waals surface area contributed by atoms with E-state index in [9.17, 15) is 9.18 Å². The normalized spacial score (nSPS) is 11.7. The second-order valence-electron chi connectivity index (χ2n) is 8.01. The zero-order valence-corrected chi connectivity index (χ0v) is 19.2. The molecule has 0 radical (unpaired) electrons. The Labute approximate surface area is 190 Å². The smallest absolute Gasteiger partial charge is 0.297 e. The minimum absolute atomic E-state index is 0.0668. The molecule has 1 N–H and O–H groups in total. The van der Waals surface area contributed by atoms with Gasteiger partial charge in [0.1, 0.15) is 18.1 Å². The van der Waals surface area contributed by atoms with Gasteiger partial charge >= 0.3 is 0 Å². The Morgan fingerprint density at radius 1 is 1.19 bits per heavy atom. The van der Waals surface area contributed by atoms with Crippen LogP contribution >= 0.6 is 12.2 Å². The summed E-state index contributed by atoms with van der Waals surface area (Å²) in [6.45, 7) is 7.99. The molecule has 0 saturated carbocycles. The van der Waals surface area contributed by atoms with Crippen molar-refractivity contribution >= 4 is 18.4 Å². The Morgan fingerprint density at radius 3 is 2.62 bits per heavy atom. The molecule has 1 aromatic heterocycles. The zero-order chi connectivity index (χ0) is 23.3. The molecule has 0 fully saturated rings. The lowest BCUT2D eigenvalue weighted by molar-refractivity contribution is 0.266. The summed E-state index contributed by atoms with van der Waals surface area (Å²) < 4.78 is 26.5. The number of hydrogen-bond donors (Lipinski definition) is 1. The number of halogens is 1. The summed E-state index contributed by atoms with van der Waals surface area (Å²) in [4.78, 5) is 12.8. The van der Waals surface area contributed by atoms with Crippen LogP contribution in [0.2, 0.25) is 0 Å². The van der Waals surface area contributed by atoms with Crippen molar-refractivity contribution in [3.05, 3.63) is 80.2 Å². The number of H-pyrrole nitrogens is 1. The maximum atomic E-state index is 13.9. The van der Waals surface area contributed by atoms with E-state index in [1.807, 2.05) is 27.7 Å². The van der Waals surface area contributed by atoms with Crippen molar-refractivity contribution in [3.8, 4) is 11.5 Å². The standard InChI is InChI=1S/C23H25FN4O3S/c1-5-30-19-12-15(10-11-18(19)31-14-16-8-6-7-9-17(16)24)13-25-28-21(29)20(23(2,3)4)26-27-22(28)32/h6-13H,5,14H2,1-4H3,(H,27,32)/b25-13-.